The molecule has 0 saturated heterocycles. The molecule has 18 nitrogen and oxygen atoms in total. The lowest BCUT2D eigenvalue weighted by Gasteiger charge is -2.32. The van der Waals surface area contributed by atoms with Crippen molar-refractivity contribution < 1.29 is 72.1 Å². The van der Waals surface area contributed by atoms with Gasteiger partial charge in [0, 0.05) is 5.56 Å². The topological polar surface area (TPSA) is 268 Å². The van der Waals surface area contributed by atoms with Crippen molar-refractivity contribution in [1.29, 1.82) is 0 Å². The third-order valence-corrected chi connectivity index (χ3v) is 8.57. The van der Waals surface area contributed by atoms with Crippen LogP contribution in [-0.4, -0.2) is 93.8 Å². The number of nitrogens with one attached hydrogen (secondary N) is 3. The van der Waals surface area contributed by atoms with Crippen LogP contribution in [0.4, 0.5) is 4.39 Å². The number of hydrogen-bond donors (Lipinski definition) is 6. The van der Waals surface area contributed by atoms with Gasteiger partial charge in [0.05, 0.1) is 30.6 Å². The Morgan fingerprint density at radius 1 is 0.930 bits per heavy atom. The lowest BCUT2D eigenvalue weighted by molar-refractivity contribution is -0.171. The van der Waals surface area contributed by atoms with E-state index < -0.39 is 78.4 Å². The second-order valence-corrected chi connectivity index (χ2v) is 12.6. The third-order valence-electron chi connectivity index (χ3n) is 8.57. The number of nitrogens with zero attached hydrogens (tertiary/aromatic N) is 1. The first kappa shape index (κ1) is 44.6. The van der Waals surface area contributed by atoms with Gasteiger partial charge in [0.1, 0.15) is 28.9 Å². The van der Waals surface area contributed by atoms with Gasteiger partial charge in [0.15, 0.2) is 12.4 Å². The number of unbranched alkanes of at least 4 members (excludes halogenated alkanes) is 2. The molecule has 0 spiro atoms. The van der Waals surface area contributed by atoms with Gasteiger partial charge in [-0.1, -0.05) is 51.3 Å². The zero-order valence-electron chi connectivity index (χ0n) is 31.2. The maximum Gasteiger partial charge on any atom is 0.366 e. The van der Waals surface area contributed by atoms with E-state index in [1.165, 1.54) is 43.3 Å². The van der Waals surface area contributed by atoms with E-state index in [0.717, 1.165) is 25.0 Å². The summed E-state index contributed by atoms with van der Waals surface area (Å²) in [6.07, 6.45) is 1.95. The number of hydroxylamine groups is 2. The molecule has 3 atom stereocenters. The molecule has 0 saturated carbocycles. The fourth-order valence-corrected chi connectivity index (χ4v) is 5.73. The molecule has 0 aliphatic rings. The zero-order valence-corrected chi connectivity index (χ0v) is 31.2. The highest BCUT2D eigenvalue weighted by Crippen LogP contribution is 2.30. The van der Waals surface area contributed by atoms with E-state index in [4.69, 9.17) is 24.2 Å². The Hall–Kier alpha value is -6.79. The number of rotatable bonds is 23. The van der Waals surface area contributed by atoms with Crippen molar-refractivity contribution in [2.24, 2.45) is 5.92 Å². The van der Waals surface area contributed by atoms with E-state index in [1.54, 1.807) is 6.92 Å². The van der Waals surface area contributed by atoms with E-state index in [9.17, 15) is 47.9 Å². The molecule has 3 rings (SSSR count). The zero-order chi connectivity index (χ0) is 42.2. The largest absolute Gasteiger partial charge is 0.481 e. The quantitative estimate of drug-likeness (QED) is 0.0347. The summed E-state index contributed by atoms with van der Waals surface area (Å²) in [5.41, 5.74) is -0.182. The Morgan fingerprint density at radius 2 is 1.67 bits per heavy atom. The molecule has 0 radical (unpaired) electrons. The number of benzene rings is 2. The van der Waals surface area contributed by atoms with Gasteiger partial charge < -0.3 is 45.3 Å². The van der Waals surface area contributed by atoms with Gasteiger partial charge in [0.25, 0.3) is 11.8 Å². The minimum Gasteiger partial charge on any atom is -0.481 e. The van der Waals surface area contributed by atoms with Crippen LogP contribution in [0, 0.1) is 18.7 Å². The van der Waals surface area contributed by atoms with E-state index in [-0.39, 0.29) is 65.4 Å². The maximum atomic E-state index is 14.5. The summed E-state index contributed by atoms with van der Waals surface area (Å²) in [4.78, 5) is 103. The number of aliphatic carboxylic acids is 3. The van der Waals surface area contributed by atoms with Crippen molar-refractivity contribution in [2.75, 3.05) is 13.3 Å². The Kier molecular flexibility index (Phi) is 16.7. The number of hydrogen-bond acceptors (Lipinski definition) is 11. The molecule has 3 unspecified atom stereocenters. The van der Waals surface area contributed by atoms with E-state index >= 15 is 0 Å². The van der Waals surface area contributed by atoms with Crippen molar-refractivity contribution in [1.82, 2.24) is 21.0 Å². The van der Waals surface area contributed by atoms with E-state index in [2.05, 4.69) is 10.6 Å². The lowest BCUT2D eigenvalue weighted by Crippen LogP contribution is -2.49. The molecule has 0 fully saturated rings. The third kappa shape index (κ3) is 12.6. The predicted octanol–water partition coefficient (Wildman–Crippen LogP) is 3.52. The normalized spacial score (nSPS) is 12.3. The maximum absolute atomic E-state index is 14.5. The van der Waals surface area contributed by atoms with Crippen LogP contribution in [-0.2, 0) is 28.8 Å². The fraction of sp³-hybridized carbons (Fsp3) is 0.368. The molecular formula is C38H43FN4O14. The molecule has 57 heavy (non-hydrogen) atoms. The first-order valence-corrected chi connectivity index (χ1v) is 17.7. The number of carboxylic acids is 3. The number of aryl methyl sites for hydroxylation is 1. The summed E-state index contributed by atoms with van der Waals surface area (Å²) in [7, 11) is 0. The van der Waals surface area contributed by atoms with Crippen LogP contribution in [0.25, 0.3) is 11.3 Å². The van der Waals surface area contributed by atoms with Crippen LogP contribution in [0.5, 0.6) is 5.75 Å². The summed E-state index contributed by atoms with van der Waals surface area (Å²) < 4.78 is 25.3. The van der Waals surface area contributed by atoms with Crippen LogP contribution in [0.3, 0.4) is 0 Å². The van der Waals surface area contributed by atoms with Crippen LogP contribution < -0.4 is 20.7 Å². The van der Waals surface area contributed by atoms with Gasteiger partial charge in [-0.05, 0) is 55.7 Å². The average Bonchev–Trinajstić information content (AvgIpc) is 3.66. The van der Waals surface area contributed by atoms with Gasteiger partial charge in [-0.2, -0.15) is 5.06 Å². The number of carbonyl (C=O) groups excluding carboxylic acids is 5. The van der Waals surface area contributed by atoms with E-state index in [1.807, 2.05) is 12.2 Å². The minimum absolute atomic E-state index is 0.0569. The number of carboxylic acid groups (broad SMARTS) is 3. The van der Waals surface area contributed by atoms with Crippen molar-refractivity contribution in [2.45, 2.75) is 71.4 Å². The second-order valence-electron chi connectivity index (χ2n) is 12.6. The summed E-state index contributed by atoms with van der Waals surface area (Å²) in [6, 6.07) is 7.63. The van der Waals surface area contributed by atoms with Crippen LogP contribution in [0.1, 0.15) is 89.2 Å². The first-order chi connectivity index (χ1) is 27.1. The van der Waals surface area contributed by atoms with Crippen molar-refractivity contribution in [3.8, 4) is 17.1 Å². The highest BCUT2D eigenvalue weighted by atomic mass is 19.1. The van der Waals surface area contributed by atoms with Gasteiger partial charge in [-0.25, -0.2) is 18.8 Å². The molecule has 4 amide bonds. The van der Waals surface area contributed by atoms with E-state index in [0.29, 0.717) is 11.5 Å². The van der Waals surface area contributed by atoms with Crippen molar-refractivity contribution in [3.05, 3.63) is 76.8 Å². The van der Waals surface area contributed by atoms with Crippen molar-refractivity contribution in [3.63, 3.8) is 0 Å². The predicted molar refractivity (Wildman–Crippen MR) is 195 cm³/mol. The second kappa shape index (κ2) is 21.3. The number of amides is 4. The Balaban J connectivity index is 1.74. The molecule has 2 aromatic carbocycles. The summed E-state index contributed by atoms with van der Waals surface area (Å²) in [6.45, 7) is 3.86. The number of ether oxygens (including phenoxy) is 1. The van der Waals surface area contributed by atoms with Gasteiger partial charge in [-0.15, -0.1) is 0 Å². The molecule has 0 aliphatic carbocycles. The molecule has 0 aliphatic heterocycles. The molecule has 1 heterocycles. The highest BCUT2D eigenvalue weighted by Gasteiger charge is 2.34. The Bertz CT molecular complexity index is 1940. The fourth-order valence-electron chi connectivity index (χ4n) is 5.73. The number of furan rings is 1. The summed E-state index contributed by atoms with van der Waals surface area (Å²) >= 11 is 0. The Morgan fingerprint density at radius 3 is 2.28 bits per heavy atom. The smallest absolute Gasteiger partial charge is 0.366 e. The molecule has 1 aromatic heterocycles. The average molecular weight is 799 g/mol. The molecule has 0 bridgehead atoms. The molecule has 3 aromatic rings. The summed E-state index contributed by atoms with van der Waals surface area (Å²) in [5.74, 6) is -10.2. The van der Waals surface area contributed by atoms with Crippen LogP contribution in [0.15, 0.2) is 52.9 Å². The van der Waals surface area contributed by atoms with Gasteiger partial charge in [-0.3, -0.25) is 24.0 Å². The molecular weight excluding hydrogens is 755 g/mol. The lowest BCUT2D eigenvalue weighted by atomic mass is 9.90. The Labute approximate surface area is 325 Å². The van der Waals surface area contributed by atoms with Gasteiger partial charge >= 0.3 is 23.9 Å². The van der Waals surface area contributed by atoms with Crippen molar-refractivity contribution >= 4 is 48.0 Å². The molecule has 19 heteroatoms. The summed E-state index contributed by atoms with van der Waals surface area (Å²) in [5, 5.41) is 35.2. The first-order valence-electron chi connectivity index (χ1n) is 17.7. The standard InChI is InChI=1S/C38H43FN4O14/c1-4-6-7-10-23(27(5-2)43(20-44)57-38(54)33-21(3)9-8-11-25(33)39)34(49)40-19-41-36(51)29-15-14-28(56-29)22-12-13-24(30(16-22)55-18-32(47)48)35(50)42-26(37(52)53)17-31(45)46/h8-9,11-16,20,23,26-27H,4-7,10,17-19H2,1-3H3,(H,40,49)(H,41,51)(H,42,50)(H,45,46)(H,47,48)(H,52,53). The minimum atomic E-state index is -1.80. The van der Waals surface area contributed by atoms with Gasteiger partial charge in [0.2, 0.25) is 12.3 Å². The number of halogens is 1. The van der Waals surface area contributed by atoms with Crippen LogP contribution >= 0.6 is 0 Å². The molecule has 6 N–H and O–H groups in total. The van der Waals surface area contributed by atoms with Crippen LogP contribution in [0.2, 0.25) is 0 Å². The SMILES string of the molecule is CCCCCC(C(=O)NCNC(=O)c1ccc(-c2ccc(C(=O)NC(CC(=O)O)C(=O)O)c(OCC(=O)O)c2)o1)C(CC)N(C=O)OC(=O)c1c(C)cccc1F. The number of carbonyl (C=O) groups is 8. The molecule has 306 valence electrons. The monoisotopic (exact) mass is 798 g/mol. The highest BCUT2D eigenvalue weighted by molar-refractivity contribution is 6.00.